The number of amides is 1. The molecule has 1 rings (SSSR count). The second-order valence-electron chi connectivity index (χ2n) is 2.85. The topological polar surface area (TPSA) is 63.7 Å². The minimum Gasteiger partial charge on any atom is -0.465 e. The molecule has 5 nitrogen and oxygen atoms in total. The normalized spacial score (nSPS) is 22.3. The molecule has 0 aliphatic carbocycles. The Hall–Kier alpha value is -1.39. The second kappa shape index (κ2) is 3.55. The van der Waals surface area contributed by atoms with Crippen LogP contribution in [0, 0.1) is 5.92 Å². The maximum atomic E-state index is 11.2. The van der Waals surface area contributed by atoms with Crippen LogP contribution < -0.4 is 0 Å². The van der Waals surface area contributed by atoms with Crippen molar-refractivity contribution in [3.8, 4) is 0 Å². The van der Waals surface area contributed by atoms with E-state index in [1.54, 1.807) is 6.92 Å². The highest BCUT2D eigenvalue weighted by Crippen LogP contribution is 2.14. The second-order valence-corrected chi connectivity index (χ2v) is 2.85. The SMILES string of the molecule is CCOC(=O)[C@H]1C(=O)CN(C)C1=O. The highest BCUT2D eigenvalue weighted by Gasteiger charge is 2.43. The van der Waals surface area contributed by atoms with Crippen molar-refractivity contribution in [2.75, 3.05) is 20.2 Å². The summed E-state index contributed by atoms with van der Waals surface area (Å²) in [4.78, 5) is 34.7. The fraction of sp³-hybridized carbons (Fsp3) is 0.625. The quantitative estimate of drug-likeness (QED) is 0.417. The van der Waals surface area contributed by atoms with Crippen molar-refractivity contribution in [2.45, 2.75) is 6.92 Å². The van der Waals surface area contributed by atoms with Gasteiger partial charge in [-0.05, 0) is 6.92 Å². The zero-order valence-electron chi connectivity index (χ0n) is 7.57. The first-order valence-electron chi connectivity index (χ1n) is 4.02. The average molecular weight is 185 g/mol. The summed E-state index contributed by atoms with van der Waals surface area (Å²) in [5.41, 5.74) is 0. The van der Waals surface area contributed by atoms with Gasteiger partial charge in [-0.3, -0.25) is 14.4 Å². The number of Topliss-reactive ketones (excluding diaryl/α,β-unsaturated/α-hetero) is 1. The smallest absolute Gasteiger partial charge is 0.326 e. The monoisotopic (exact) mass is 185 g/mol. The Labute approximate surface area is 75.6 Å². The summed E-state index contributed by atoms with van der Waals surface area (Å²) in [6.45, 7) is 1.81. The molecule has 0 bridgehead atoms. The highest BCUT2D eigenvalue weighted by molar-refractivity contribution is 6.21. The molecule has 0 N–H and O–H groups in total. The summed E-state index contributed by atoms with van der Waals surface area (Å²) >= 11 is 0. The van der Waals surface area contributed by atoms with Crippen LogP contribution in [0.4, 0.5) is 0 Å². The van der Waals surface area contributed by atoms with Gasteiger partial charge in [-0.1, -0.05) is 0 Å². The predicted molar refractivity (Wildman–Crippen MR) is 42.8 cm³/mol. The minimum absolute atomic E-state index is 0.00230. The Balaban J connectivity index is 2.74. The van der Waals surface area contributed by atoms with Gasteiger partial charge in [-0.25, -0.2) is 0 Å². The predicted octanol–water partition coefficient (Wildman–Crippen LogP) is -0.793. The van der Waals surface area contributed by atoms with E-state index < -0.39 is 17.8 Å². The van der Waals surface area contributed by atoms with Gasteiger partial charge in [0.2, 0.25) is 5.91 Å². The Morgan fingerprint density at radius 2 is 2.23 bits per heavy atom. The van der Waals surface area contributed by atoms with Crippen molar-refractivity contribution in [3.05, 3.63) is 0 Å². The van der Waals surface area contributed by atoms with Crippen LogP contribution in [0.5, 0.6) is 0 Å². The molecule has 0 spiro atoms. The molecule has 0 aromatic rings. The van der Waals surface area contributed by atoms with Gasteiger partial charge in [0.05, 0.1) is 13.2 Å². The van der Waals surface area contributed by atoms with E-state index >= 15 is 0 Å². The molecule has 1 aliphatic heterocycles. The molecule has 1 fully saturated rings. The summed E-state index contributed by atoms with van der Waals surface area (Å²) in [5, 5.41) is 0. The number of carbonyl (C=O) groups is 3. The van der Waals surface area contributed by atoms with Crippen LogP contribution in [0.15, 0.2) is 0 Å². The molecule has 72 valence electrons. The number of hydrogen-bond acceptors (Lipinski definition) is 4. The van der Waals surface area contributed by atoms with E-state index in [-0.39, 0.29) is 18.9 Å². The van der Waals surface area contributed by atoms with Crippen LogP contribution in [0.2, 0.25) is 0 Å². The number of esters is 1. The summed E-state index contributed by atoms with van der Waals surface area (Å²) < 4.78 is 4.61. The molecule has 0 radical (unpaired) electrons. The number of likely N-dealkylation sites (tertiary alicyclic amines) is 1. The van der Waals surface area contributed by atoms with Crippen molar-refractivity contribution >= 4 is 17.7 Å². The van der Waals surface area contributed by atoms with Gasteiger partial charge in [-0.15, -0.1) is 0 Å². The van der Waals surface area contributed by atoms with Crippen LogP contribution in [-0.2, 0) is 19.1 Å². The molecule has 1 amide bonds. The molecule has 1 atom stereocenters. The standard InChI is InChI=1S/C8H11NO4/c1-3-13-8(12)6-5(10)4-9(2)7(6)11/h6H,3-4H2,1-2H3/t6-/m0/s1. The van der Waals surface area contributed by atoms with Crippen molar-refractivity contribution in [3.63, 3.8) is 0 Å². The number of ketones is 1. The van der Waals surface area contributed by atoms with Crippen molar-refractivity contribution in [1.82, 2.24) is 4.90 Å². The molecule has 0 aromatic carbocycles. The largest absolute Gasteiger partial charge is 0.465 e. The van der Waals surface area contributed by atoms with Crippen LogP contribution in [0.3, 0.4) is 0 Å². The fourth-order valence-corrected chi connectivity index (χ4v) is 1.22. The highest BCUT2D eigenvalue weighted by atomic mass is 16.5. The molecule has 13 heavy (non-hydrogen) atoms. The number of ether oxygens (including phenoxy) is 1. The molecular formula is C8H11NO4. The molecule has 1 aliphatic rings. The zero-order chi connectivity index (χ0) is 10.0. The molecule has 0 unspecified atom stereocenters. The van der Waals surface area contributed by atoms with Gasteiger partial charge < -0.3 is 9.64 Å². The summed E-state index contributed by atoms with van der Waals surface area (Å²) in [7, 11) is 1.49. The molecular weight excluding hydrogens is 174 g/mol. The van der Waals surface area contributed by atoms with Gasteiger partial charge in [0.1, 0.15) is 0 Å². The van der Waals surface area contributed by atoms with Crippen LogP contribution in [0.1, 0.15) is 6.92 Å². The van der Waals surface area contributed by atoms with E-state index in [1.165, 1.54) is 11.9 Å². The van der Waals surface area contributed by atoms with E-state index in [4.69, 9.17) is 0 Å². The molecule has 1 saturated heterocycles. The third-order valence-electron chi connectivity index (χ3n) is 1.86. The molecule has 0 aromatic heterocycles. The maximum Gasteiger partial charge on any atom is 0.326 e. The van der Waals surface area contributed by atoms with Crippen LogP contribution in [0.25, 0.3) is 0 Å². The van der Waals surface area contributed by atoms with E-state index in [9.17, 15) is 14.4 Å². The zero-order valence-corrected chi connectivity index (χ0v) is 7.57. The van der Waals surface area contributed by atoms with Gasteiger partial charge in [0.15, 0.2) is 11.7 Å². The van der Waals surface area contributed by atoms with Crippen molar-refractivity contribution in [1.29, 1.82) is 0 Å². The number of hydrogen-bond donors (Lipinski definition) is 0. The number of rotatable bonds is 2. The number of nitrogens with zero attached hydrogens (tertiary/aromatic N) is 1. The first kappa shape index (κ1) is 9.70. The van der Waals surface area contributed by atoms with Gasteiger partial charge in [0.25, 0.3) is 0 Å². The Kier molecular flexibility index (Phi) is 2.65. The number of carbonyl (C=O) groups excluding carboxylic acids is 3. The van der Waals surface area contributed by atoms with Crippen LogP contribution >= 0.6 is 0 Å². The molecule has 1 heterocycles. The molecule has 5 heteroatoms. The van der Waals surface area contributed by atoms with E-state index in [2.05, 4.69) is 4.74 Å². The third-order valence-corrected chi connectivity index (χ3v) is 1.86. The number of likely N-dealkylation sites (N-methyl/N-ethyl adjacent to an activating group) is 1. The summed E-state index contributed by atoms with van der Waals surface area (Å²) in [6, 6.07) is 0. The van der Waals surface area contributed by atoms with Crippen molar-refractivity contribution in [2.24, 2.45) is 5.92 Å². The Morgan fingerprint density at radius 1 is 1.62 bits per heavy atom. The van der Waals surface area contributed by atoms with E-state index in [0.29, 0.717) is 0 Å². The lowest BCUT2D eigenvalue weighted by atomic mass is 10.1. The maximum absolute atomic E-state index is 11.2. The van der Waals surface area contributed by atoms with Gasteiger partial charge in [-0.2, -0.15) is 0 Å². The van der Waals surface area contributed by atoms with E-state index in [0.717, 1.165) is 0 Å². The lowest BCUT2D eigenvalue weighted by Crippen LogP contribution is -2.30. The first-order valence-corrected chi connectivity index (χ1v) is 4.02. The third kappa shape index (κ3) is 1.68. The van der Waals surface area contributed by atoms with E-state index in [1.807, 2.05) is 0 Å². The summed E-state index contributed by atoms with van der Waals surface area (Å²) in [5.74, 6) is -2.80. The molecule has 0 saturated carbocycles. The van der Waals surface area contributed by atoms with Gasteiger partial charge >= 0.3 is 5.97 Å². The Morgan fingerprint density at radius 3 is 2.62 bits per heavy atom. The average Bonchev–Trinajstić information content (AvgIpc) is 2.27. The first-order chi connectivity index (χ1) is 6.07. The summed E-state index contributed by atoms with van der Waals surface area (Å²) in [6.07, 6.45) is 0. The minimum atomic E-state index is -1.22. The van der Waals surface area contributed by atoms with Gasteiger partial charge in [0, 0.05) is 7.05 Å². The lowest BCUT2D eigenvalue weighted by molar-refractivity contribution is -0.153. The lowest BCUT2D eigenvalue weighted by Gasteiger charge is -2.07. The fourth-order valence-electron chi connectivity index (χ4n) is 1.22. The van der Waals surface area contributed by atoms with Crippen LogP contribution in [-0.4, -0.2) is 42.8 Å². The van der Waals surface area contributed by atoms with Crippen molar-refractivity contribution < 1.29 is 19.1 Å². The Bertz CT molecular complexity index is 261.